The van der Waals surface area contributed by atoms with Gasteiger partial charge in [0, 0.05) is 11.3 Å². The van der Waals surface area contributed by atoms with Crippen molar-refractivity contribution in [2.45, 2.75) is 26.8 Å². The van der Waals surface area contributed by atoms with Crippen LogP contribution in [-0.2, 0) is 0 Å². The van der Waals surface area contributed by atoms with Crippen molar-refractivity contribution in [2.75, 3.05) is 19.1 Å². The fourth-order valence-electron chi connectivity index (χ4n) is 4.47. The molecule has 2 amide bonds. The Morgan fingerprint density at radius 3 is 2.35 bits per heavy atom. The van der Waals surface area contributed by atoms with Gasteiger partial charge in [-0.25, -0.2) is 4.79 Å². The van der Waals surface area contributed by atoms with Gasteiger partial charge in [-0.15, -0.1) is 0 Å². The maximum atomic E-state index is 13.4. The number of carbonyl (C=O) groups excluding carboxylic acids is 1. The van der Waals surface area contributed by atoms with Gasteiger partial charge in [0.25, 0.3) is 5.89 Å². The molecule has 0 aliphatic carbocycles. The van der Waals surface area contributed by atoms with E-state index in [0.29, 0.717) is 34.6 Å². The van der Waals surface area contributed by atoms with Gasteiger partial charge in [-0.05, 0) is 73.9 Å². The van der Waals surface area contributed by atoms with E-state index in [1.165, 1.54) is 5.56 Å². The number of carbonyl (C=O) groups is 1. The fourth-order valence-corrected chi connectivity index (χ4v) is 4.47. The second-order valence-corrected chi connectivity index (χ2v) is 8.91. The maximum absolute atomic E-state index is 13.4. The van der Waals surface area contributed by atoms with Crippen LogP contribution in [0.3, 0.4) is 0 Å². The molecule has 3 aromatic carbocycles. The summed E-state index contributed by atoms with van der Waals surface area (Å²) in [5.41, 5.74) is 6.11. The highest BCUT2D eigenvalue weighted by molar-refractivity contribution is 6.01. The number of amides is 2. The van der Waals surface area contributed by atoms with Gasteiger partial charge in [-0.2, -0.15) is 4.98 Å². The number of nitrogens with one attached hydrogen (secondary N) is 1. The predicted octanol–water partition coefficient (Wildman–Crippen LogP) is 6.07. The Morgan fingerprint density at radius 1 is 0.892 bits per heavy atom. The third-order valence-corrected chi connectivity index (χ3v) is 6.66. The van der Waals surface area contributed by atoms with E-state index in [1.807, 2.05) is 61.5 Å². The highest BCUT2D eigenvalue weighted by Crippen LogP contribution is 2.40. The number of nitrogens with zero attached hydrogens (tertiary/aromatic N) is 3. The molecule has 37 heavy (non-hydrogen) atoms. The lowest BCUT2D eigenvalue weighted by molar-refractivity contribution is 0.244. The van der Waals surface area contributed by atoms with E-state index >= 15 is 0 Å². The van der Waals surface area contributed by atoms with Gasteiger partial charge in [0.05, 0.1) is 31.5 Å². The largest absolute Gasteiger partial charge is 0.497 e. The van der Waals surface area contributed by atoms with Gasteiger partial charge in [-0.3, -0.25) is 4.90 Å². The zero-order chi connectivity index (χ0) is 26.1. The first kappa shape index (κ1) is 24.1. The van der Waals surface area contributed by atoms with Crippen LogP contribution in [0.2, 0.25) is 0 Å². The second-order valence-electron chi connectivity index (χ2n) is 8.91. The summed E-state index contributed by atoms with van der Waals surface area (Å²) in [6, 6.07) is 20.2. The molecular formula is C29H28N4O4. The van der Waals surface area contributed by atoms with Gasteiger partial charge >= 0.3 is 6.03 Å². The van der Waals surface area contributed by atoms with E-state index in [-0.39, 0.29) is 6.03 Å². The number of rotatable bonds is 6. The number of anilines is 1. The number of allylic oxidation sites excluding steroid dienone is 1. The Hall–Kier alpha value is -4.59. The second kappa shape index (κ2) is 9.81. The molecule has 4 aromatic rings. The molecule has 1 aromatic heterocycles. The average Bonchev–Trinajstić information content (AvgIpc) is 3.40. The summed E-state index contributed by atoms with van der Waals surface area (Å²) >= 11 is 0. The standard InChI is InChI=1S/C29H28N4O4/c1-17-9-10-20(15-18(17)2)26-25(28-31-27(32-37-28)21-7-6-8-24(16-21)36-5)19(3)33(29(34)30-26)22-11-13-23(35-4)14-12-22/h6-16,26H,1-5H3,(H,30,34). The monoisotopic (exact) mass is 496 g/mol. The van der Waals surface area contributed by atoms with E-state index < -0.39 is 6.04 Å². The zero-order valence-corrected chi connectivity index (χ0v) is 21.4. The van der Waals surface area contributed by atoms with Gasteiger partial charge in [-0.1, -0.05) is 35.5 Å². The molecule has 1 aliphatic rings. The Kier molecular flexibility index (Phi) is 6.40. The average molecular weight is 497 g/mol. The summed E-state index contributed by atoms with van der Waals surface area (Å²) in [6.07, 6.45) is 0. The number of aromatic nitrogens is 2. The van der Waals surface area contributed by atoms with Crippen LogP contribution in [0.4, 0.5) is 10.5 Å². The first-order chi connectivity index (χ1) is 17.9. The normalized spacial score (nSPS) is 15.5. The van der Waals surface area contributed by atoms with Crippen LogP contribution < -0.4 is 19.7 Å². The lowest BCUT2D eigenvalue weighted by atomic mass is 9.92. The summed E-state index contributed by atoms with van der Waals surface area (Å²) in [4.78, 5) is 19.8. The summed E-state index contributed by atoms with van der Waals surface area (Å²) < 4.78 is 16.4. The molecule has 0 fully saturated rings. The first-order valence-corrected chi connectivity index (χ1v) is 11.9. The number of hydrogen-bond acceptors (Lipinski definition) is 6. The minimum atomic E-state index is -0.472. The van der Waals surface area contributed by atoms with Crippen molar-refractivity contribution >= 4 is 17.3 Å². The smallest absolute Gasteiger partial charge is 0.326 e. The van der Waals surface area contributed by atoms with Gasteiger partial charge in [0.1, 0.15) is 11.5 Å². The molecule has 1 N–H and O–H groups in total. The van der Waals surface area contributed by atoms with Crippen LogP contribution in [-0.4, -0.2) is 30.4 Å². The topological polar surface area (TPSA) is 89.7 Å². The van der Waals surface area contributed by atoms with Crippen LogP contribution >= 0.6 is 0 Å². The Morgan fingerprint density at radius 2 is 1.65 bits per heavy atom. The van der Waals surface area contributed by atoms with Crippen LogP contribution in [0.15, 0.2) is 77.0 Å². The minimum Gasteiger partial charge on any atom is -0.497 e. The molecule has 0 radical (unpaired) electrons. The Balaban J connectivity index is 1.64. The highest BCUT2D eigenvalue weighted by atomic mass is 16.5. The van der Waals surface area contributed by atoms with Crippen LogP contribution in [0.5, 0.6) is 11.5 Å². The molecule has 0 saturated carbocycles. The molecule has 8 heteroatoms. The Bertz CT molecular complexity index is 1490. The first-order valence-electron chi connectivity index (χ1n) is 11.9. The summed E-state index contributed by atoms with van der Waals surface area (Å²) in [6.45, 7) is 6.00. The molecule has 5 rings (SSSR count). The number of benzene rings is 3. The van der Waals surface area contributed by atoms with E-state index in [0.717, 1.165) is 22.3 Å². The van der Waals surface area contributed by atoms with Crippen molar-refractivity contribution in [1.82, 2.24) is 15.5 Å². The van der Waals surface area contributed by atoms with Crippen LogP contribution in [0, 0.1) is 13.8 Å². The van der Waals surface area contributed by atoms with Crippen molar-refractivity contribution in [2.24, 2.45) is 0 Å². The lowest BCUT2D eigenvalue weighted by Gasteiger charge is -2.35. The number of aryl methyl sites for hydroxylation is 2. The highest BCUT2D eigenvalue weighted by Gasteiger charge is 2.36. The van der Waals surface area contributed by atoms with E-state index in [1.54, 1.807) is 19.1 Å². The zero-order valence-electron chi connectivity index (χ0n) is 21.4. The third kappa shape index (κ3) is 4.53. The summed E-state index contributed by atoms with van der Waals surface area (Å²) in [5.74, 6) is 2.16. The summed E-state index contributed by atoms with van der Waals surface area (Å²) in [5, 5.41) is 7.40. The molecule has 1 unspecified atom stereocenters. The van der Waals surface area contributed by atoms with E-state index in [9.17, 15) is 4.79 Å². The Labute approximate surface area is 215 Å². The molecule has 0 bridgehead atoms. The van der Waals surface area contributed by atoms with Crippen LogP contribution in [0.1, 0.15) is 35.5 Å². The third-order valence-electron chi connectivity index (χ3n) is 6.66. The quantitative estimate of drug-likeness (QED) is 0.348. The van der Waals surface area contributed by atoms with Gasteiger partial charge in [0.2, 0.25) is 5.82 Å². The maximum Gasteiger partial charge on any atom is 0.326 e. The number of ether oxygens (including phenoxy) is 2. The molecule has 188 valence electrons. The predicted molar refractivity (Wildman–Crippen MR) is 142 cm³/mol. The number of urea groups is 1. The van der Waals surface area contributed by atoms with Crippen molar-refractivity contribution < 1.29 is 18.8 Å². The minimum absolute atomic E-state index is 0.248. The van der Waals surface area contributed by atoms with E-state index in [4.69, 9.17) is 19.0 Å². The van der Waals surface area contributed by atoms with Crippen molar-refractivity contribution in [3.05, 3.63) is 95.0 Å². The van der Waals surface area contributed by atoms with Crippen molar-refractivity contribution in [3.8, 4) is 22.9 Å². The fraction of sp³-hybridized carbons (Fsp3) is 0.207. The molecule has 8 nitrogen and oxygen atoms in total. The lowest BCUT2D eigenvalue weighted by Crippen LogP contribution is -2.46. The van der Waals surface area contributed by atoms with Gasteiger partial charge < -0.3 is 19.3 Å². The number of methoxy groups -OCH3 is 2. The van der Waals surface area contributed by atoms with Crippen LogP contribution in [0.25, 0.3) is 17.0 Å². The molecule has 1 atom stereocenters. The molecular weight excluding hydrogens is 468 g/mol. The van der Waals surface area contributed by atoms with Crippen molar-refractivity contribution in [3.63, 3.8) is 0 Å². The summed E-state index contributed by atoms with van der Waals surface area (Å²) in [7, 11) is 3.22. The van der Waals surface area contributed by atoms with Gasteiger partial charge in [0.15, 0.2) is 0 Å². The molecule has 0 spiro atoms. The molecule has 0 saturated heterocycles. The number of hydrogen-bond donors (Lipinski definition) is 1. The molecule has 1 aliphatic heterocycles. The van der Waals surface area contributed by atoms with E-state index in [2.05, 4.69) is 36.5 Å². The van der Waals surface area contributed by atoms with Crippen molar-refractivity contribution in [1.29, 1.82) is 0 Å². The molecule has 2 heterocycles. The SMILES string of the molecule is COc1ccc(N2C(=O)NC(c3ccc(C)c(C)c3)C(c3nc(-c4cccc(OC)c4)no3)=C2C)cc1.